The predicted octanol–water partition coefficient (Wildman–Crippen LogP) is 2.65. The van der Waals surface area contributed by atoms with Crippen LogP contribution in [0.1, 0.15) is 39.2 Å². The maximum atomic E-state index is 11.6. The highest BCUT2D eigenvalue weighted by atomic mass is 16.6. The first kappa shape index (κ1) is 14.8. The van der Waals surface area contributed by atoms with E-state index >= 15 is 0 Å². The van der Waals surface area contributed by atoms with Gasteiger partial charge in [-0.05, 0) is 51.3 Å². The molecule has 5 nitrogen and oxygen atoms in total. The van der Waals surface area contributed by atoms with Crippen LogP contribution in [0.3, 0.4) is 0 Å². The average Bonchev–Trinajstić information content (AvgIpc) is 2.31. The molecule has 1 amide bonds. The Morgan fingerprint density at radius 2 is 2.00 bits per heavy atom. The van der Waals surface area contributed by atoms with Gasteiger partial charge in [-0.1, -0.05) is 0 Å². The molecule has 0 bridgehead atoms. The average molecular weight is 278 g/mol. The standard InChI is InChI=1S/C15H22N2O3/c1-15(2,3)20-14(18)17-12-8-13(9-12)19-10-11-4-6-16-7-5-11/h4-7,12-13H,8-10H2,1-3H3,(H,17,18)/t12-,13-. The fraction of sp³-hybridized carbons (Fsp3) is 0.600. The Morgan fingerprint density at radius 3 is 2.60 bits per heavy atom. The summed E-state index contributed by atoms with van der Waals surface area (Å²) >= 11 is 0. The molecular weight excluding hydrogens is 256 g/mol. The fourth-order valence-corrected chi connectivity index (χ4v) is 1.99. The van der Waals surface area contributed by atoms with Gasteiger partial charge in [-0.15, -0.1) is 0 Å². The molecule has 20 heavy (non-hydrogen) atoms. The first-order valence-corrected chi connectivity index (χ1v) is 6.92. The maximum absolute atomic E-state index is 11.6. The summed E-state index contributed by atoms with van der Waals surface area (Å²) in [6.45, 7) is 6.16. The molecule has 0 unspecified atom stereocenters. The molecule has 1 saturated carbocycles. The molecule has 0 aliphatic heterocycles. The number of carbonyl (C=O) groups excluding carboxylic acids is 1. The van der Waals surface area contributed by atoms with Crippen molar-refractivity contribution in [1.82, 2.24) is 10.3 Å². The summed E-state index contributed by atoms with van der Waals surface area (Å²) in [5, 5.41) is 2.85. The summed E-state index contributed by atoms with van der Waals surface area (Å²) in [6, 6.07) is 4.04. The van der Waals surface area contributed by atoms with Gasteiger partial charge in [0, 0.05) is 18.4 Å². The number of ether oxygens (including phenoxy) is 2. The van der Waals surface area contributed by atoms with Gasteiger partial charge in [0.25, 0.3) is 0 Å². The molecule has 5 heteroatoms. The van der Waals surface area contributed by atoms with Gasteiger partial charge < -0.3 is 14.8 Å². The molecular formula is C15H22N2O3. The van der Waals surface area contributed by atoms with Crippen LogP contribution in [0.4, 0.5) is 4.79 Å². The molecule has 1 N–H and O–H groups in total. The molecule has 110 valence electrons. The van der Waals surface area contributed by atoms with E-state index in [1.165, 1.54) is 0 Å². The van der Waals surface area contributed by atoms with Crippen LogP contribution in [0.5, 0.6) is 0 Å². The molecule has 1 heterocycles. The first-order valence-electron chi connectivity index (χ1n) is 6.92. The highest BCUT2D eigenvalue weighted by molar-refractivity contribution is 5.68. The van der Waals surface area contributed by atoms with Gasteiger partial charge in [0.15, 0.2) is 0 Å². The summed E-state index contributed by atoms with van der Waals surface area (Å²) < 4.78 is 11.0. The SMILES string of the molecule is CC(C)(C)OC(=O)N[C@H]1C[C@H](OCc2ccncc2)C1. The van der Waals surface area contributed by atoms with Gasteiger partial charge >= 0.3 is 6.09 Å². The number of nitrogens with one attached hydrogen (secondary N) is 1. The van der Waals surface area contributed by atoms with Crippen molar-refractivity contribution in [3.05, 3.63) is 30.1 Å². The molecule has 1 aliphatic carbocycles. The summed E-state index contributed by atoms with van der Waals surface area (Å²) in [6.07, 6.45) is 5.05. The van der Waals surface area contributed by atoms with Crippen molar-refractivity contribution in [3.63, 3.8) is 0 Å². The van der Waals surface area contributed by atoms with Crippen LogP contribution in [0, 0.1) is 0 Å². The Balaban J connectivity index is 1.62. The van der Waals surface area contributed by atoms with E-state index in [9.17, 15) is 4.79 Å². The number of amides is 1. The van der Waals surface area contributed by atoms with Crippen molar-refractivity contribution in [2.45, 2.75) is 58.0 Å². The lowest BCUT2D eigenvalue weighted by Gasteiger charge is -2.35. The topological polar surface area (TPSA) is 60.5 Å². The van der Waals surface area contributed by atoms with Crippen molar-refractivity contribution < 1.29 is 14.3 Å². The first-order chi connectivity index (χ1) is 9.42. The van der Waals surface area contributed by atoms with Gasteiger partial charge in [0.05, 0.1) is 12.7 Å². The van der Waals surface area contributed by atoms with Crippen LogP contribution in [0.25, 0.3) is 0 Å². The molecule has 0 spiro atoms. The number of carbonyl (C=O) groups is 1. The lowest BCUT2D eigenvalue weighted by atomic mass is 9.89. The zero-order chi connectivity index (χ0) is 14.6. The lowest BCUT2D eigenvalue weighted by molar-refractivity contribution is -0.0291. The second kappa shape index (κ2) is 6.22. The van der Waals surface area contributed by atoms with Gasteiger partial charge in [0.2, 0.25) is 0 Å². The van der Waals surface area contributed by atoms with E-state index in [0.29, 0.717) is 6.61 Å². The van der Waals surface area contributed by atoms with Crippen LogP contribution in [-0.2, 0) is 16.1 Å². The van der Waals surface area contributed by atoms with Crippen LogP contribution >= 0.6 is 0 Å². The van der Waals surface area contributed by atoms with Crippen molar-refractivity contribution in [2.24, 2.45) is 0 Å². The van der Waals surface area contributed by atoms with E-state index in [1.54, 1.807) is 12.4 Å². The van der Waals surface area contributed by atoms with Crippen LogP contribution in [-0.4, -0.2) is 28.8 Å². The van der Waals surface area contributed by atoms with Crippen molar-refractivity contribution in [3.8, 4) is 0 Å². The van der Waals surface area contributed by atoms with Crippen molar-refractivity contribution in [2.75, 3.05) is 0 Å². The molecule has 0 atom stereocenters. The second-order valence-electron chi connectivity index (χ2n) is 6.10. The van der Waals surface area contributed by atoms with E-state index in [1.807, 2.05) is 32.9 Å². The number of nitrogens with zero attached hydrogens (tertiary/aromatic N) is 1. The number of alkyl carbamates (subject to hydrolysis) is 1. The fourth-order valence-electron chi connectivity index (χ4n) is 1.99. The molecule has 1 aromatic rings. The van der Waals surface area contributed by atoms with Crippen LogP contribution in [0.2, 0.25) is 0 Å². The van der Waals surface area contributed by atoms with Crippen molar-refractivity contribution in [1.29, 1.82) is 0 Å². The van der Waals surface area contributed by atoms with E-state index in [0.717, 1.165) is 18.4 Å². The highest BCUT2D eigenvalue weighted by Crippen LogP contribution is 2.24. The second-order valence-corrected chi connectivity index (χ2v) is 6.10. The van der Waals surface area contributed by atoms with E-state index in [-0.39, 0.29) is 18.2 Å². The normalized spacial score (nSPS) is 21.9. The number of pyridine rings is 1. The van der Waals surface area contributed by atoms with Crippen molar-refractivity contribution >= 4 is 6.09 Å². The van der Waals surface area contributed by atoms with E-state index < -0.39 is 5.60 Å². The molecule has 1 fully saturated rings. The van der Waals surface area contributed by atoms with Crippen LogP contribution < -0.4 is 5.32 Å². The molecule has 0 aromatic carbocycles. The minimum absolute atomic E-state index is 0.160. The number of aromatic nitrogens is 1. The number of hydrogen-bond acceptors (Lipinski definition) is 4. The van der Waals surface area contributed by atoms with E-state index in [4.69, 9.17) is 9.47 Å². The Kier molecular flexibility index (Phi) is 4.60. The summed E-state index contributed by atoms with van der Waals surface area (Å²) in [4.78, 5) is 15.5. The summed E-state index contributed by atoms with van der Waals surface area (Å²) in [5.74, 6) is 0. The Morgan fingerprint density at radius 1 is 1.35 bits per heavy atom. The Bertz CT molecular complexity index is 436. The third-order valence-corrected chi connectivity index (χ3v) is 3.05. The Hall–Kier alpha value is -1.62. The zero-order valence-electron chi connectivity index (χ0n) is 12.3. The zero-order valence-corrected chi connectivity index (χ0v) is 12.3. The third kappa shape index (κ3) is 4.81. The maximum Gasteiger partial charge on any atom is 0.407 e. The molecule has 2 rings (SSSR count). The predicted molar refractivity (Wildman–Crippen MR) is 75.2 cm³/mol. The Labute approximate surface area is 119 Å². The number of rotatable bonds is 4. The molecule has 1 aromatic heterocycles. The minimum atomic E-state index is -0.453. The summed E-state index contributed by atoms with van der Waals surface area (Å²) in [5.41, 5.74) is 0.661. The molecule has 0 radical (unpaired) electrons. The lowest BCUT2D eigenvalue weighted by Crippen LogP contribution is -2.49. The molecule has 0 saturated heterocycles. The van der Waals surface area contributed by atoms with Gasteiger partial charge in [0.1, 0.15) is 5.60 Å². The summed E-state index contributed by atoms with van der Waals surface area (Å²) in [7, 11) is 0. The number of hydrogen-bond donors (Lipinski definition) is 1. The van der Waals surface area contributed by atoms with Gasteiger partial charge in [-0.25, -0.2) is 4.79 Å². The minimum Gasteiger partial charge on any atom is -0.444 e. The quantitative estimate of drug-likeness (QED) is 0.919. The third-order valence-electron chi connectivity index (χ3n) is 3.05. The highest BCUT2D eigenvalue weighted by Gasteiger charge is 2.32. The molecule has 1 aliphatic rings. The van der Waals surface area contributed by atoms with Gasteiger partial charge in [-0.2, -0.15) is 0 Å². The van der Waals surface area contributed by atoms with Gasteiger partial charge in [-0.3, -0.25) is 4.98 Å². The van der Waals surface area contributed by atoms with Crippen LogP contribution in [0.15, 0.2) is 24.5 Å². The van der Waals surface area contributed by atoms with E-state index in [2.05, 4.69) is 10.3 Å². The smallest absolute Gasteiger partial charge is 0.407 e. The largest absolute Gasteiger partial charge is 0.444 e. The monoisotopic (exact) mass is 278 g/mol.